The molecule has 2 heterocycles. The number of nitrogens with one attached hydrogen (secondary N) is 1. The van der Waals surface area contributed by atoms with Gasteiger partial charge in [-0.05, 0) is 25.1 Å². The fourth-order valence-corrected chi connectivity index (χ4v) is 2.65. The van der Waals surface area contributed by atoms with E-state index in [9.17, 15) is 0 Å². The molecule has 0 unspecified atom stereocenters. The summed E-state index contributed by atoms with van der Waals surface area (Å²) < 4.78 is 5.29. The molecule has 0 saturated carbocycles. The molecular formula is C12H11Cl2N3O. The Morgan fingerprint density at radius 2 is 2.06 bits per heavy atom. The van der Waals surface area contributed by atoms with E-state index in [1.54, 1.807) is 18.2 Å². The quantitative estimate of drug-likeness (QED) is 0.920. The minimum Gasteiger partial charge on any atom is -0.339 e. The highest BCUT2D eigenvalue weighted by atomic mass is 35.5. The first-order chi connectivity index (χ1) is 8.75. The SMILES string of the molecule is Clc1cccc(Cl)c1-c1noc([C@H]2CCNC2)n1. The van der Waals surface area contributed by atoms with Crippen LogP contribution in [-0.2, 0) is 0 Å². The second-order valence-electron chi connectivity index (χ2n) is 4.24. The van der Waals surface area contributed by atoms with Crippen LogP contribution >= 0.6 is 23.2 Å². The zero-order valence-electron chi connectivity index (χ0n) is 9.49. The average Bonchev–Trinajstić information content (AvgIpc) is 2.99. The number of rotatable bonds is 2. The Balaban J connectivity index is 1.97. The summed E-state index contributed by atoms with van der Waals surface area (Å²) in [7, 11) is 0. The van der Waals surface area contributed by atoms with Gasteiger partial charge in [-0.15, -0.1) is 0 Å². The lowest BCUT2D eigenvalue weighted by Gasteiger charge is -2.01. The van der Waals surface area contributed by atoms with Gasteiger partial charge in [0.25, 0.3) is 0 Å². The minimum absolute atomic E-state index is 0.285. The molecule has 0 bridgehead atoms. The zero-order chi connectivity index (χ0) is 12.5. The summed E-state index contributed by atoms with van der Waals surface area (Å²) >= 11 is 12.2. The van der Waals surface area contributed by atoms with Crippen LogP contribution in [0.2, 0.25) is 10.0 Å². The fourth-order valence-electron chi connectivity index (χ4n) is 2.08. The molecule has 4 nitrogen and oxygen atoms in total. The normalized spacial score (nSPS) is 19.3. The minimum atomic E-state index is 0.285. The van der Waals surface area contributed by atoms with Crippen molar-refractivity contribution in [3.63, 3.8) is 0 Å². The van der Waals surface area contributed by atoms with E-state index in [0.717, 1.165) is 19.5 Å². The van der Waals surface area contributed by atoms with Gasteiger partial charge in [0.15, 0.2) is 0 Å². The second-order valence-corrected chi connectivity index (χ2v) is 5.06. The molecule has 1 aliphatic heterocycles. The highest BCUT2D eigenvalue weighted by molar-refractivity contribution is 6.38. The first kappa shape index (κ1) is 12.0. The van der Waals surface area contributed by atoms with Crippen LogP contribution in [0.5, 0.6) is 0 Å². The van der Waals surface area contributed by atoms with Crippen molar-refractivity contribution >= 4 is 23.2 Å². The Bertz CT molecular complexity index is 544. The van der Waals surface area contributed by atoms with Gasteiger partial charge in [-0.1, -0.05) is 34.4 Å². The first-order valence-electron chi connectivity index (χ1n) is 5.74. The molecule has 1 N–H and O–H groups in total. The molecule has 0 radical (unpaired) electrons. The molecule has 18 heavy (non-hydrogen) atoms. The van der Waals surface area contributed by atoms with E-state index in [4.69, 9.17) is 27.7 Å². The van der Waals surface area contributed by atoms with Gasteiger partial charge in [-0.25, -0.2) is 0 Å². The fraction of sp³-hybridized carbons (Fsp3) is 0.333. The van der Waals surface area contributed by atoms with E-state index in [1.165, 1.54) is 0 Å². The van der Waals surface area contributed by atoms with Gasteiger partial charge >= 0.3 is 0 Å². The van der Waals surface area contributed by atoms with Crippen LogP contribution in [0.15, 0.2) is 22.7 Å². The summed E-state index contributed by atoms with van der Waals surface area (Å²) in [6.07, 6.45) is 1.01. The summed E-state index contributed by atoms with van der Waals surface area (Å²) in [6, 6.07) is 5.31. The molecule has 6 heteroatoms. The number of aromatic nitrogens is 2. The number of benzene rings is 1. The molecule has 1 aliphatic rings. The van der Waals surface area contributed by atoms with Crippen LogP contribution in [0.3, 0.4) is 0 Å². The topological polar surface area (TPSA) is 51.0 Å². The number of halogens is 2. The van der Waals surface area contributed by atoms with Crippen molar-refractivity contribution < 1.29 is 4.52 Å². The van der Waals surface area contributed by atoms with Crippen LogP contribution in [0, 0.1) is 0 Å². The van der Waals surface area contributed by atoms with Crippen LogP contribution in [-0.4, -0.2) is 23.2 Å². The number of nitrogens with zero attached hydrogens (tertiary/aromatic N) is 2. The third kappa shape index (κ3) is 2.11. The Morgan fingerprint density at radius 3 is 2.72 bits per heavy atom. The van der Waals surface area contributed by atoms with Crippen LogP contribution in [0.1, 0.15) is 18.2 Å². The molecule has 0 amide bonds. The number of hydrogen-bond acceptors (Lipinski definition) is 4. The molecule has 2 aromatic rings. The van der Waals surface area contributed by atoms with E-state index in [2.05, 4.69) is 15.5 Å². The summed E-state index contributed by atoms with van der Waals surface area (Å²) in [5.41, 5.74) is 0.627. The Labute approximate surface area is 114 Å². The third-order valence-electron chi connectivity index (χ3n) is 3.04. The molecule has 1 aromatic carbocycles. The van der Waals surface area contributed by atoms with Crippen molar-refractivity contribution in [2.24, 2.45) is 0 Å². The van der Waals surface area contributed by atoms with Crippen LogP contribution in [0.4, 0.5) is 0 Å². The van der Waals surface area contributed by atoms with E-state index >= 15 is 0 Å². The summed E-state index contributed by atoms with van der Waals surface area (Å²) in [5.74, 6) is 1.38. The molecule has 3 rings (SSSR count). The molecule has 0 spiro atoms. The zero-order valence-corrected chi connectivity index (χ0v) is 11.0. The molecule has 1 saturated heterocycles. The molecule has 1 atom stereocenters. The average molecular weight is 284 g/mol. The van der Waals surface area contributed by atoms with Gasteiger partial charge in [-0.2, -0.15) is 4.98 Å². The monoisotopic (exact) mass is 283 g/mol. The smallest absolute Gasteiger partial charge is 0.231 e. The highest BCUT2D eigenvalue weighted by Crippen LogP contribution is 2.33. The van der Waals surface area contributed by atoms with Crippen LogP contribution < -0.4 is 5.32 Å². The number of hydrogen-bond donors (Lipinski definition) is 1. The maximum absolute atomic E-state index is 6.11. The van der Waals surface area contributed by atoms with E-state index in [-0.39, 0.29) is 5.92 Å². The lowest BCUT2D eigenvalue weighted by atomic mass is 10.1. The lowest BCUT2D eigenvalue weighted by Crippen LogP contribution is -2.08. The van der Waals surface area contributed by atoms with Crippen molar-refractivity contribution in [3.05, 3.63) is 34.1 Å². The molecule has 1 aromatic heterocycles. The second kappa shape index (κ2) is 4.88. The molecule has 1 fully saturated rings. The molecular weight excluding hydrogens is 273 g/mol. The highest BCUT2D eigenvalue weighted by Gasteiger charge is 2.24. The molecule has 0 aliphatic carbocycles. The summed E-state index contributed by atoms with van der Waals surface area (Å²) in [5, 5.41) is 8.29. The van der Waals surface area contributed by atoms with Crippen molar-refractivity contribution in [1.82, 2.24) is 15.5 Å². The van der Waals surface area contributed by atoms with Gasteiger partial charge < -0.3 is 9.84 Å². The van der Waals surface area contributed by atoms with E-state index in [0.29, 0.717) is 27.3 Å². The largest absolute Gasteiger partial charge is 0.339 e. The van der Waals surface area contributed by atoms with E-state index < -0.39 is 0 Å². The maximum atomic E-state index is 6.11. The predicted molar refractivity (Wildman–Crippen MR) is 70.0 cm³/mol. The summed E-state index contributed by atoms with van der Waals surface area (Å²) in [6.45, 7) is 1.85. The lowest BCUT2D eigenvalue weighted by molar-refractivity contribution is 0.359. The third-order valence-corrected chi connectivity index (χ3v) is 3.67. The Hall–Kier alpha value is -1.10. The van der Waals surface area contributed by atoms with Gasteiger partial charge in [0.2, 0.25) is 11.7 Å². The van der Waals surface area contributed by atoms with Gasteiger partial charge in [0.05, 0.1) is 21.5 Å². The van der Waals surface area contributed by atoms with E-state index in [1.807, 2.05) is 0 Å². The van der Waals surface area contributed by atoms with Crippen LogP contribution in [0.25, 0.3) is 11.4 Å². The van der Waals surface area contributed by atoms with Crippen molar-refractivity contribution in [2.45, 2.75) is 12.3 Å². The standard InChI is InChI=1S/C12H11Cl2N3O/c13-8-2-1-3-9(14)10(8)11-16-12(18-17-11)7-4-5-15-6-7/h1-3,7,15H,4-6H2/t7-/m0/s1. The van der Waals surface area contributed by atoms with Crippen molar-refractivity contribution in [1.29, 1.82) is 0 Å². The maximum Gasteiger partial charge on any atom is 0.231 e. The van der Waals surface area contributed by atoms with Crippen molar-refractivity contribution in [2.75, 3.05) is 13.1 Å². The predicted octanol–water partition coefficient (Wildman–Crippen LogP) is 3.12. The summed E-state index contributed by atoms with van der Waals surface area (Å²) in [4.78, 5) is 4.40. The molecule has 94 valence electrons. The van der Waals surface area contributed by atoms with Gasteiger partial charge in [0.1, 0.15) is 0 Å². The van der Waals surface area contributed by atoms with Gasteiger partial charge in [0, 0.05) is 6.54 Å². The Kier molecular flexibility index (Phi) is 3.24. The first-order valence-corrected chi connectivity index (χ1v) is 6.50. The van der Waals surface area contributed by atoms with Gasteiger partial charge in [-0.3, -0.25) is 0 Å². The Morgan fingerprint density at radius 1 is 1.28 bits per heavy atom. The van der Waals surface area contributed by atoms with Crippen molar-refractivity contribution in [3.8, 4) is 11.4 Å².